The summed E-state index contributed by atoms with van der Waals surface area (Å²) in [6.07, 6.45) is 0.0518. The summed E-state index contributed by atoms with van der Waals surface area (Å²) in [6, 6.07) is 2.90. The molecule has 0 radical (unpaired) electrons. The van der Waals surface area contributed by atoms with Crippen LogP contribution in [0.4, 0.5) is 0 Å². The van der Waals surface area contributed by atoms with Gasteiger partial charge < -0.3 is 32.0 Å². The van der Waals surface area contributed by atoms with Crippen molar-refractivity contribution < 1.29 is 20.1 Å². The summed E-state index contributed by atoms with van der Waals surface area (Å²) in [4.78, 5) is 10.3. The molecule has 0 spiro atoms. The Labute approximate surface area is 86.5 Å². The first-order chi connectivity index (χ1) is 6.50. The Morgan fingerprint density at radius 1 is 1.40 bits per heavy atom. The van der Waals surface area contributed by atoms with Gasteiger partial charge in [-0.1, -0.05) is 6.07 Å². The predicted octanol–water partition coefficient (Wildman–Crippen LogP) is -0.906. The fourth-order valence-corrected chi connectivity index (χ4v) is 1.03. The van der Waals surface area contributed by atoms with Gasteiger partial charge >= 0.3 is 0 Å². The Balaban J connectivity index is 0.00000196. The largest absolute Gasteiger partial charge is 0.548 e. The monoisotopic (exact) mass is 214 g/mol. The summed E-state index contributed by atoms with van der Waals surface area (Å²) in [5.41, 5.74) is 5.76. The second-order valence-corrected chi connectivity index (χ2v) is 2.95. The summed E-state index contributed by atoms with van der Waals surface area (Å²) in [5.74, 6) is -1.90. The molecule has 6 nitrogen and oxygen atoms in total. The van der Waals surface area contributed by atoms with Crippen molar-refractivity contribution in [1.29, 1.82) is 0 Å². The number of hydrogen-bond acceptors (Lipinski definition) is 5. The van der Waals surface area contributed by atoms with Gasteiger partial charge in [0.15, 0.2) is 11.5 Å². The maximum Gasteiger partial charge on any atom is 0.157 e. The van der Waals surface area contributed by atoms with Gasteiger partial charge in [0.25, 0.3) is 0 Å². The van der Waals surface area contributed by atoms with Crippen LogP contribution in [0.25, 0.3) is 0 Å². The molecule has 1 aromatic rings. The molecule has 6 heteroatoms. The quantitative estimate of drug-likeness (QED) is 0.482. The van der Waals surface area contributed by atoms with Gasteiger partial charge in [0.05, 0.1) is 5.97 Å². The van der Waals surface area contributed by atoms with Crippen LogP contribution in [0.5, 0.6) is 11.5 Å². The van der Waals surface area contributed by atoms with Crippen molar-refractivity contribution >= 4 is 5.97 Å². The van der Waals surface area contributed by atoms with E-state index in [4.69, 9.17) is 15.9 Å². The highest BCUT2D eigenvalue weighted by Crippen LogP contribution is 2.25. The summed E-state index contributed by atoms with van der Waals surface area (Å²) in [5, 5.41) is 28.4. The number of carbonyl (C=O) groups excluding carboxylic acids is 1. The Morgan fingerprint density at radius 2 is 2.00 bits per heavy atom. The average molecular weight is 214 g/mol. The number of rotatable bonds is 3. The molecule has 1 unspecified atom stereocenters. The minimum atomic E-state index is -1.35. The third-order valence-corrected chi connectivity index (χ3v) is 1.80. The first-order valence-corrected chi connectivity index (χ1v) is 3.98. The van der Waals surface area contributed by atoms with E-state index in [2.05, 4.69) is 0 Å². The standard InChI is InChI=1S/C9H11NO4.H3N/c10-6(9(13)14)3-5-1-2-7(11)8(12)4-5;/h1-2,4,6,11-12H,3,10H2,(H,13,14);1H3. The van der Waals surface area contributed by atoms with Crippen LogP contribution in [0.3, 0.4) is 0 Å². The zero-order valence-electron chi connectivity index (χ0n) is 8.30. The Morgan fingerprint density at radius 3 is 2.47 bits per heavy atom. The first-order valence-electron chi connectivity index (χ1n) is 3.98. The number of quaternary nitrogens is 1. The maximum atomic E-state index is 10.3. The zero-order valence-corrected chi connectivity index (χ0v) is 8.30. The smallest absolute Gasteiger partial charge is 0.157 e. The molecule has 0 saturated heterocycles. The van der Waals surface area contributed by atoms with Crippen molar-refractivity contribution in [2.45, 2.75) is 12.5 Å². The zero-order chi connectivity index (χ0) is 10.7. The number of phenols is 2. The highest BCUT2D eigenvalue weighted by molar-refractivity contribution is 5.71. The van der Waals surface area contributed by atoms with Crippen LogP contribution >= 0.6 is 0 Å². The number of carboxylic acids is 1. The van der Waals surface area contributed by atoms with Crippen LogP contribution in [0, 0.1) is 0 Å². The van der Waals surface area contributed by atoms with Gasteiger partial charge in [-0.15, -0.1) is 0 Å². The lowest BCUT2D eigenvalue weighted by Crippen LogP contribution is -2.43. The topological polar surface area (TPSA) is 143 Å². The van der Waals surface area contributed by atoms with Gasteiger partial charge in [-0.25, -0.2) is 0 Å². The highest BCUT2D eigenvalue weighted by Gasteiger charge is 2.06. The van der Waals surface area contributed by atoms with Crippen molar-refractivity contribution in [2.75, 3.05) is 0 Å². The minimum Gasteiger partial charge on any atom is -0.548 e. The van der Waals surface area contributed by atoms with Gasteiger partial charge in [-0.3, -0.25) is 0 Å². The van der Waals surface area contributed by atoms with Crippen LogP contribution in [0.2, 0.25) is 0 Å². The molecule has 0 aliphatic rings. The van der Waals surface area contributed by atoms with Crippen LogP contribution < -0.4 is 17.0 Å². The molecule has 1 rings (SSSR count). The molecule has 0 aliphatic carbocycles. The molecule has 15 heavy (non-hydrogen) atoms. The van der Waals surface area contributed by atoms with Crippen molar-refractivity contribution in [3.8, 4) is 11.5 Å². The van der Waals surface area contributed by atoms with Crippen molar-refractivity contribution in [3.63, 3.8) is 0 Å². The fourth-order valence-electron chi connectivity index (χ4n) is 1.03. The molecule has 1 atom stereocenters. The second-order valence-electron chi connectivity index (χ2n) is 2.95. The predicted molar refractivity (Wildman–Crippen MR) is 52.4 cm³/mol. The highest BCUT2D eigenvalue weighted by atomic mass is 16.4. The van der Waals surface area contributed by atoms with Crippen LogP contribution in [0.1, 0.15) is 5.56 Å². The van der Waals surface area contributed by atoms with Gasteiger partial charge in [-0.2, -0.15) is 0 Å². The van der Waals surface area contributed by atoms with Crippen molar-refractivity contribution in [1.82, 2.24) is 6.15 Å². The summed E-state index contributed by atoms with van der Waals surface area (Å²) < 4.78 is 0. The molecular formula is C9H14N2O4. The number of phenolic OH excluding ortho intramolecular Hbond substituents is 2. The number of aromatic hydroxyl groups is 2. The molecule has 0 bridgehead atoms. The molecule has 0 aromatic heterocycles. The molecular weight excluding hydrogens is 200 g/mol. The minimum absolute atomic E-state index is 0. The number of hydrogen-bond donors (Lipinski definition) is 4. The van der Waals surface area contributed by atoms with E-state index < -0.39 is 12.0 Å². The molecule has 0 fully saturated rings. The second kappa shape index (κ2) is 5.18. The summed E-state index contributed by atoms with van der Waals surface area (Å²) >= 11 is 0. The van der Waals surface area contributed by atoms with Crippen molar-refractivity contribution in [3.05, 3.63) is 23.8 Å². The fraction of sp³-hybridized carbons (Fsp3) is 0.222. The third kappa shape index (κ3) is 3.45. The van der Waals surface area contributed by atoms with Gasteiger partial charge in [0, 0.05) is 6.04 Å². The lowest BCUT2D eigenvalue weighted by atomic mass is 10.1. The lowest BCUT2D eigenvalue weighted by molar-refractivity contribution is -0.307. The van der Waals surface area contributed by atoms with Gasteiger partial charge in [-0.05, 0) is 24.1 Å². The number of carboxylic acid groups (broad SMARTS) is 1. The summed E-state index contributed by atoms with van der Waals surface area (Å²) in [7, 11) is 0. The number of nitrogens with two attached hydrogens (primary N) is 1. The van der Waals surface area contributed by atoms with E-state index in [1.807, 2.05) is 0 Å². The number of carbonyl (C=O) groups is 1. The SMILES string of the molecule is NC(Cc1ccc(O)c(O)c1)C(=O)[O-].[NH4+]. The third-order valence-electron chi connectivity index (χ3n) is 1.80. The first kappa shape index (κ1) is 13.2. The molecule has 0 aliphatic heterocycles. The van der Waals surface area contributed by atoms with Gasteiger partial charge in [0.1, 0.15) is 0 Å². The average Bonchev–Trinajstić information content (AvgIpc) is 2.11. The number of benzene rings is 1. The van der Waals surface area contributed by atoms with Crippen LogP contribution in [0.15, 0.2) is 18.2 Å². The Kier molecular flexibility index (Phi) is 4.56. The number of aliphatic carboxylic acids is 1. The Bertz CT molecular complexity index is 354. The summed E-state index contributed by atoms with van der Waals surface area (Å²) in [6.45, 7) is 0. The van der Waals surface area contributed by atoms with Crippen LogP contribution in [-0.2, 0) is 11.2 Å². The molecule has 84 valence electrons. The van der Waals surface area contributed by atoms with E-state index in [9.17, 15) is 9.90 Å². The van der Waals surface area contributed by atoms with Gasteiger partial charge in [0.2, 0.25) is 0 Å². The molecule has 0 amide bonds. The van der Waals surface area contributed by atoms with E-state index in [1.54, 1.807) is 0 Å². The normalized spacial score (nSPS) is 11.5. The van der Waals surface area contributed by atoms with E-state index in [0.717, 1.165) is 0 Å². The van der Waals surface area contributed by atoms with E-state index >= 15 is 0 Å². The van der Waals surface area contributed by atoms with Crippen molar-refractivity contribution in [2.24, 2.45) is 5.73 Å². The molecule has 1 aromatic carbocycles. The lowest BCUT2D eigenvalue weighted by Gasteiger charge is -2.12. The molecule has 0 saturated carbocycles. The Hall–Kier alpha value is -1.79. The maximum absolute atomic E-state index is 10.3. The van der Waals surface area contributed by atoms with E-state index in [-0.39, 0.29) is 24.1 Å². The van der Waals surface area contributed by atoms with Crippen LogP contribution in [-0.4, -0.2) is 22.2 Å². The molecule has 0 heterocycles. The van der Waals surface area contributed by atoms with E-state index in [1.165, 1.54) is 18.2 Å². The molecule has 8 N–H and O–H groups in total. The van der Waals surface area contributed by atoms with E-state index in [0.29, 0.717) is 5.56 Å².